The molecule has 1 aromatic carbocycles. The Morgan fingerprint density at radius 1 is 1.37 bits per heavy atom. The van der Waals surface area contributed by atoms with E-state index in [9.17, 15) is 13.6 Å². The molecule has 0 unspecified atom stereocenters. The Balaban J connectivity index is 3.10. The molecule has 0 aliphatic rings. The van der Waals surface area contributed by atoms with Crippen LogP contribution in [-0.2, 0) is 0 Å². The van der Waals surface area contributed by atoms with Crippen molar-refractivity contribution in [2.24, 2.45) is 0 Å². The molecule has 0 saturated carbocycles. The minimum absolute atomic E-state index is 0.0795. The summed E-state index contributed by atoms with van der Waals surface area (Å²) >= 11 is 0. The topological polar surface area (TPSA) is 29.1 Å². The molecular formula is C15H21F2NO. The van der Waals surface area contributed by atoms with E-state index in [1.807, 2.05) is 27.7 Å². The van der Waals surface area contributed by atoms with Crippen molar-refractivity contribution in [1.82, 2.24) is 5.32 Å². The van der Waals surface area contributed by atoms with Crippen LogP contribution in [0.2, 0.25) is 0 Å². The first-order valence-electron chi connectivity index (χ1n) is 6.50. The van der Waals surface area contributed by atoms with Crippen LogP contribution in [0.3, 0.4) is 0 Å². The highest BCUT2D eigenvalue weighted by Crippen LogP contribution is 2.27. The zero-order valence-electron chi connectivity index (χ0n) is 11.9. The van der Waals surface area contributed by atoms with Crippen LogP contribution in [0.1, 0.15) is 62.6 Å². The van der Waals surface area contributed by atoms with Crippen molar-refractivity contribution < 1.29 is 13.6 Å². The van der Waals surface area contributed by atoms with Gasteiger partial charge in [-0.15, -0.1) is 0 Å². The fourth-order valence-electron chi connectivity index (χ4n) is 1.82. The van der Waals surface area contributed by atoms with Gasteiger partial charge in [0.05, 0.1) is 0 Å². The minimum atomic E-state index is -1.24. The molecule has 0 spiro atoms. The lowest BCUT2D eigenvalue weighted by Crippen LogP contribution is -2.41. The van der Waals surface area contributed by atoms with E-state index in [4.69, 9.17) is 0 Å². The highest BCUT2D eigenvalue weighted by Gasteiger charge is 2.22. The lowest BCUT2D eigenvalue weighted by molar-refractivity contribution is 0.0915. The van der Waals surface area contributed by atoms with Gasteiger partial charge in [0.25, 0.3) is 5.91 Å². The number of carbonyl (C=O) groups excluding carboxylic acids is 1. The third-order valence-electron chi connectivity index (χ3n) is 2.63. The van der Waals surface area contributed by atoms with Gasteiger partial charge in [-0.3, -0.25) is 4.79 Å². The van der Waals surface area contributed by atoms with E-state index in [0.717, 1.165) is 6.07 Å². The van der Waals surface area contributed by atoms with Crippen molar-refractivity contribution in [3.8, 4) is 0 Å². The van der Waals surface area contributed by atoms with E-state index < -0.39 is 23.4 Å². The molecule has 0 heterocycles. The second-order valence-electron chi connectivity index (χ2n) is 5.69. The number of nitrogens with one attached hydrogen (secondary N) is 1. The van der Waals surface area contributed by atoms with Crippen LogP contribution >= 0.6 is 0 Å². The molecule has 0 saturated heterocycles. The van der Waals surface area contributed by atoms with Gasteiger partial charge < -0.3 is 5.32 Å². The highest BCUT2D eigenvalue weighted by atomic mass is 19.1. The molecular weight excluding hydrogens is 248 g/mol. The van der Waals surface area contributed by atoms with E-state index in [1.165, 1.54) is 12.1 Å². The number of hydrogen-bond acceptors (Lipinski definition) is 1. The van der Waals surface area contributed by atoms with Gasteiger partial charge in [-0.1, -0.05) is 19.4 Å². The quantitative estimate of drug-likeness (QED) is 0.873. The summed E-state index contributed by atoms with van der Waals surface area (Å²) in [6, 6.07) is 3.64. The van der Waals surface area contributed by atoms with E-state index in [2.05, 4.69) is 5.32 Å². The van der Waals surface area contributed by atoms with Crippen LogP contribution in [0.25, 0.3) is 0 Å². The van der Waals surface area contributed by atoms with Crippen molar-refractivity contribution >= 4 is 5.91 Å². The number of alkyl halides is 1. The van der Waals surface area contributed by atoms with Gasteiger partial charge in [-0.05, 0) is 44.9 Å². The monoisotopic (exact) mass is 269 g/mol. The molecule has 1 N–H and O–H groups in total. The molecule has 106 valence electrons. The standard InChI is InChI=1S/C15H21F2NO/c1-5-6-13(17)11-8-7-10(16)9-12(11)14(19)18-15(2,3)4/h7-9,13H,5-6H2,1-4H3,(H,18,19)/t13-/m1/s1. The molecule has 0 aliphatic carbocycles. The summed E-state index contributed by atoms with van der Waals surface area (Å²) in [6.45, 7) is 7.33. The van der Waals surface area contributed by atoms with E-state index in [-0.39, 0.29) is 11.1 Å². The molecule has 0 radical (unpaired) electrons. The SMILES string of the molecule is CCC[C@@H](F)c1ccc(F)cc1C(=O)NC(C)(C)C. The number of carbonyl (C=O) groups is 1. The van der Waals surface area contributed by atoms with Crippen molar-refractivity contribution in [2.75, 3.05) is 0 Å². The second-order valence-corrected chi connectivity index (χ2v) is 5.69. The molecule has 0 aliphatic heterocycles. The van der Waals surface area contributed by atoms with Crippen molar-refractivity contribution in [3.05, 3.63) is 35.1 Å². The molecule has 0 aromatic heterocycles. The van der Waals surface area contributed by atoms with E-state index >= 15 is 0 Å². The zero-order chi connectivity index (χ0) is 14.6. The number of halogens is 2. The number of benzene rings is 1. The summed E-state index contributed by atoms with van der Waals surface area (Å²) in [6.07, 6.45) is -0.258. The largest absolute Gasteiger partial charge is 0.347 e. The van der Waals surface area contributed by atoms with Crippen LogP contribution in [0.15, 0.2) is 18.2 Å². The molecule has 0 bridgehead atoms. The molecule has 1 rings (SSSR count). The second kappa shape index (κ2) is 6.13. The fraction of sp³-hybridized carbons (Fsp3) is 0.533. The van der Waals surface area contributed by atoms with Gasteiger partial charge in [0, 0.05) is 11.1 Å². The third-order valence-corrected chi connectivity index (χ3v) is 2.63. The first-order valence-corrected chi connectivity index (χ1v) is 6.50. The summed E-state index contributed by atoms with van der Waals surface area (Å²) in [7, 11) is 0. The van der Waals surface area contributed by atoms with E-state index in [0.29, 0.717) is 12.8 Å². The molecule has 19 heavy (non-hydrogen) atoms. The van der Waals surface area contributed by atoms with Crippen LogP contribution in [0.5, 0.6) is 0 Å². The predicted octanol–water partition coefficient (Wildman–Crippen LogP) is 4.16. The summed E-state index contributed by atoms with van der Waals surface area (Å²) in [5, 5.41) is 2.73. The molecule has 0 fully saturated rings. The average molecular weight is 269 g/mol. The maximum Gasteiger partial charge on any atom is 0.252 e. The van der Waals surface area contributed by atoms with Crippen LogP contribution in [0, 0.1) is 5.82 Å². The summed E-state index contributed by atoms with van der Waals surface area (Å²) in [5.74, 6) is -0.979. The Kier molecular flexibility index (Phi) is 5.04. The molecule has 1 atom stereocenters. The molecule has 2 nitrogen and oxygen atoms in total. The Labute approximate surface area is 113 Å². The van der Waals surface area contributed by atoms with E-state index in [1.54, 1.807) is 0 Å². The Bertz CT molecular complexity index is 452. The van der Waals surface area contributed by atoms with Crippen molar-refractivity contribution in [3.63, 3.8) is 0 Å². The smallest absolute Gasteiger partial charge is 0.252 e. The van der Waals surface area contributed by atoms with Crippen LogP contribution in [0.4, 0.5) is 8.78 Å². The van der Waals surface area contributed by atoms with Gasteiger partial charge in [0.2, 0.25) is 0 Å². The first-order chi connectivity index (χ1) is 8.74. The van der Waals surface area contributed by atoms with Crippen LogP contribution < -0.4 is 5.32 Å². The number of hydrogen-bond donors (Lipinski definition) is 1. The lowest BCUT2D eigenvalue weighted by Gasteiger charge is -2.22. The van der Waals surface area contributed by atoms with Crippen molar-refractivity contribution in [1.29, 1.82) is 0 Å². The predicted molar refractivity (Wildman–Crippen MR) is 72.4 cm³/mol. The Morgan fingerprint density at radius 2 is 2.00 bits per heavy atom. The number of rotatable bonds is 4. The Hall–Kier alpha value is -1.45. The van der Waals surface area contributed by atoms with Gasteiger partial charge in [0.1, 0.15) is 12.0 Å². The first kappa shape index (κ1) is 15.6. The average Bonchev–Trinajstić information content (AvgIpc) is 2.26. The molecule has 1 amide bonds. The van der Waals surface area contributed by atoms with Crippen LogP contribution in [-0.4, -0.2) is 11.4 Å². The number of amides is 1. The Morgan fingerprint density at radius 3 is 2.53 bits per heavy atom. The summed E-state index contributed by atoms with van der Waals surface area (Å²) in [5.41, 5.74) is -0.113. The minimum Gasteiger partial charge on any atom is -0.347 e. The maximum absolute atomic E-state index is 14.0. The van der Waals surface area contributed by atoms with Gasteiger partial charge in [-0.25, -0.2) is 8.78 Å². The normalized spacial score (nSPS) is 13.2. The molecule has 1 aromatic rings. The summed E-state index contributed by atoms with van der Waals surface area (Å²) in [4.78, 5) is 12.1. The third kappa shape index (κ3) is 4.62. The maximum atomic E-state index is 14.0. The van der Waals surface area contributed by atoms with Crippen molar-refractivity contribution in [2.45, 2.75) is 52.2 Å². The van der Waals surface area contributed by atoms with Gasteiger partial charge in [-0.2, -0.15) is 0 Å². The molecule has 4 heteroatoms. The zero-order valence-corrected chi connectivity index (χ0v) is 11.9. The lowest BCUT2D eigenvalue weighted by atomic mass is 9.98. The fourth-order valence-corrected chi connectivity index (χ4v) is 1.82. The highest BCUT2D eigenvalue weighted by molar-refractivity contribution is 5.96. The van der Waals surface area contributed by atoms with Gasteiger partial charge in [0.15, 0.2) is 0 Å². The van der Waals surface area contributed by atoms with Gasteiger partial charge >= 0.3 is 0 Å². The summed E-state index contributed by atoms with van der Waals surface area (Å²) < 4.78 is 27.3.